The van der Waals surface area contributed by atoms with Crippen LogP contribution >= 0.6 is 0 Å². The second-order valence-electron chi connectivity index (χ2n) is 14.2. The Kier molecular flexibility index (Phi) is 12.3. The molecule has 1 fully saturated rings. The van der Waals surface area contributed by atoms with Crippen molar-refractivity contribution in [2.24, 2.45) is 11.7 Å². The molecule has 278 valence electrons. The number of carbonyl (C=O) groups excluding carboxylic acids is 2. The van der Waals surface area contributed by atoms with E-state index in [4.69, 9.17) is 20.3 Å². The standard InChI is InChI=1S/C40H52N6O6/c1-26(2)30-24-28(38(48)45(21-9-19-41)22-10-20-44(3)4)15-16-32(30)46-33(36-34(51-5)13-8-14-35(36)52-6)25-31(43-46)37(47)42-40(39(49)50)18-17-27-11-7-12-29(40)23-27/h7-8,13-16,24-27H,9-11,17-23,41H2,1-6H3,(H,42,47)(H,49,50). The number of rotatable bonds is 16. The van der Waals surface area contributed by atoms with Gasteiger partial charge in [0.1, 0.15) is 11.5 Å². The molecule has 2 amide bonds. The van der Waals surface area contributed by atoms with Gasteiger partial charge in [0.05, 0.1) is 31.2 Å². The number of amides is 2. The van der Waals surface area contributed by atoms with Crippen LogP contribution in [0.2, 0.25) is 0 Å². The van der Waals surface area contributed by atoms with Gasteiger partial charge >= 0.3 is 5.97 Å². The zero-order valence-electron chi connectivity index (χ0n) is 31.2. The molecule has 0 aliphatic heterocycles. The van der Waals surface area contributed by atoms with Crippen LogP contribution in [0.3, 0.4) is 0 Å². The fourth-order valence-electron chi connectivity index (χ4n) is 7.21. The predicted octanol–water partition coefficient (Wildman–Crippen LogP) is 5.26. The largest absolute Gasteiger partial charge is 0.496 e. The number of ether oxygens (including phenoxy) is 2. The minimum absolute atomic E-state index is 0.0230. The number of carboxylic acid groups (broad SMARTS) is 1. The minimum Gasteiger partial charge on any atom is -0.496 e. The molecular weight excluding hydrogens is 660 g/mol. The average Bonchev–Trinajstić information content (AvgIpc) is 3.58. The normalized spacial score (nSPS) is 17.9. The molecule has 0 saturated heterocycles. The molecule has 5 rings (SSSR count). The number of fused-ring (bicyclic) bond motifs is 2. The summed E-state index contributed by atoms with van der Waals surface area (Å²) in [5, 5.41) is 18.2. The van der Waals surface area contributed by atoms with E-state index in [1.165, 1.54) is 0 Å². The molecule has 2 atom stereocenters. The first kappa shape index (κ1) is 38.3. The molecule has 1 heterocycles. The van der Waals surface area contributed by atoms with E-state index in [0.29, 0.717) is 84.4 Å². The molecule has 2 bridgehead atoms. The van der Waals surface area contributed by atoms with Gasteiger partial charge in [0, 0.05) is 24.2 Å². The quantitative estimate of drug-likeness (QED) is 0.169. The summed E-state index contributed by atoms with van der Waals surface area (Å²) in [6.07, 6.45) is 5.77. The zero-order valence-corrected chi connectivity index (χ0v) is 31.2. The lowest BCUT2D eigenvalue weighted by atomic mass is 9.70. The first-order valence-electron chi connectivity index (χ1n) is 18.0. The fourth-order valence-corrected chi connectivity index (χ4v) is 7.21. The first-order chi connectivity index (χ1) is 24.9. The highest BCUT2D eigenvalue weighted by atomic mass is 16.5. The Bertz CT molecular complexity index is 1840. The van der Waals surface area contributed by atoms with Gasteiger partial charge in [-0.3, -0.25) is 9.59 Å². The molecule has 1 aromatic heterocycles. The molecule has 4 N–H and O–H groups in total. The van der Waals surface area contributed by atoms with Crippen LogP contribution in [-0.4, -0.2) is 103 Å². The molecule has 52 heavy (non-hydrogen) atoms. The summed E-state index contributed by atoms with van der Waals surface area (Å²) in [4.78, 5) is 44.9. The van der Waals surface area contributed by atoms with Crippen LogP contribution in [0.4, 0.5) is 0 Å². The Hall–Kier alpha value is -4.90. The molecule has 2 aliphatic rings. The number of aliphatic carboxylic acids is 1. The molecule has 12 nitrogen and oxygen atoms in total. The molecule has 2 unspecified atom stereocenters. The Morgan fingerprint density at radius 2 is 1.79 bits per heavy atom. The lowest BCUT2D eigenvalue weighted by Crippen LogP contribution is -2.58. The number of nitrogens with two attached hydrogens (primary N) is 1. The molecule has 2 aromatic carbocycles. The van der Waals surface area contributed by atoms with Crippen LogP contribution in [0.1, 0.15) is 84.7 Å². The second kappa shape index (κ2) is 16.6. The van der Waals surface area contributed by atoms with Gasteiger partial charge in [0.15, 0.2) is 11.2 Å². The molecular formula is C40H52N6O6. The predicted molar refractivity (Wildman–Crippen MR) is 200 cm³/mol. The summed E-state index contributed by atoms with van der Waals surface area (Å²) in [6.45, 7) is 6.58. The van der Waals surface area contributed by atoms with Crippen molar-refractivity contribution in [3.8, 4) is 28.4 Å². The van der Waals surface area contributed by atoms with Crippen molar-refractivity contribution >= 4 is 17.8 Å². The number of carbonyl (C=O) groups is 3. The highest BCUT2D eigenvalue weighted by Gasteiger charge is 2.48. The van der Waals surface area contributed by atoms with Gasteiger partial charge in [0.25, 0.3) is 11.8 Å². The van der Waals surface area contributed by atoms with Crippen molar-refractivity contribution < 1.29 is 29.0 Å². The van der Waals surface area contributed by atoms with E-state index in [9.17, 15) is 19.5 Å². The Labute approximate surface area is 306 Å². The maximum absolute atomic E-state index is 14.1. The lowest BCUT2D eigenvalue weighted by Gasteiger charge is -2.39. The third-order valence-electron chi connectivity index (χ3n) is 10.1. The van der Waals surface area contributed by atoms with E-state index in [-0.39, 0.29) is 23.9 Å². The maximum atomic E-state index is 14.1. The molecule has 0 radical (unpaired) electrons. The number of hydrogen-bond donors (Lipinski definition) is 3. The second-order valence-corrected chi connectivity index (χ2v) is 14.2. The van der Waals surface area contributed by atoms with Gasteiger partial charge in [-0.1, -0.05) is 19.9 Å². The van der Waals surface area contributed by atoms with Gasteiger partial charge in [-0.2, -0.15) is 5.10 Å². The minimum atomic E-state index is -1.58. The molecule has 3 aromatic rings. The SMILES string of the molecule is COc1cccc(OC)c1-c1cc(C(=O)NC2(C(=O)O)CCC3CC=C=C2C3)nn1-c1ccc(C(=O)N(CCCN)CCCN(C)C)cc1C(C)C. The average molecular weight is 713 g/mol. The van der Waals surface area contributed by atoms with E-state index >= 15 is 0 Å². The summed E-state index contributed by atoms with van der Waals surface area (Å²) in [6, 6.07) is 12.6. The van der Waals surface area contributed by atoms with Gasteiger partial charge < -0.3 is 35.4 Å². The van der Waals surface area contributed by atoms with Crippen LogP contribution in [0.15, 0.2) is 59.8 Å². The number of carboxylic acids is 1. The number of methoxy groups -OCH3 is 2. The van der Waals surface area contributed by atoms with E-state index in [1.54, 1.807) is 43.2 Å². The van der Waals surface area contributed by atoms with Crippen molar-refractivity contribution in [1.82, 2.24) is 24.9 Å². The Morgan fingerprint density at radius 3 is 2.42 bits per heavy atom. The van der Waals surface area contributed by atoms with Crippen LogP contribution < -0.4 is 20.5 Å². The number of hydrogen-bond acceptors (Lipinski definition) is 8. The topological polar surface area (TPSA) is 152 Å². The number of nitrogens with zero attached hydrogens (tertiary/aromatic N) is 4. The fraction of sp³-hybridized carbons (Fsp3) is 0.475. The number of aromatic nitrogens is 2. The third kappa shape index (κ3) is 7.94. The van der Waals surface area contributed by atoms with E-state index in [1.807, 2.05) is 57.1 Å². The summed E-state index contributed by atoms with van der Waals surface area (Å²) in [5.41, 5.74) is 11.1. The van der Waals surface area contributed by atoms with Crippen molar-refractivity contribution in [3.05, 3.63) is 76.7 Å². The molecule has 2 aliphatic carbocycles. The monoisotopic (exact) mass is 712 g/mol. The van der Waals surface area contributed by atoms with Crippen molar-refractivity contribution in [2.75, 3.05) is 54.5 Å². The van der Waals surface area contributed by atoms with Gasteiger partial charge in [-0.05, 0) is 126 Å². The van der Waals surface area contributed by atoms with Crippen LogP contribution in [0, 0.1) is 5.92 Å². The number of nitrogens with one attached hydrogen (secondary N) is 1. The summed E-state index contributed by atoms with van der Waals surface area (Å²) < 4.78 is 13.2. The highest BCUT2D eigenvalue weighted by Crippen LogP contribution is 2.42. The lowest BCUT2D eigenvalue weighted by molar-refractivity contribution is -0.143. The Morgan fingerprint density at radius 1 is 1.08 bits per heavy atom. The summed E-state index contributed by atoms with van der Waals surface area (Å²) in [7, 11) is 7.14. The Balaban J connectivity index is 1.62. The molecule has 0 spiro atoms. The van der Waals surface area contributed by atoms with E-state index in [2.05, 4.69) is 15.9 Å². The zero-order chi connectivity index (χ0) is 37.6. The van der Waals surface area contributed by atoms with E-state index in [0.717, 1.165) is 24.9 Å². The third-order valence-corrected chi connectivity index (χ3v) is 10.1. The van der Waals surface area contributed by atoms with Gasteiger partial charge in [-0.15, -0.1) is 5.73 Å². The van der Waals surface area contributed by atoms with Gasteiger partial charge in [-0.25, -0.2) is 9.48 Å². The van der Waals surface area contributed by atoms with Gasteiger partial charge in [0.2, 0.25) is 0 Å². The van der Waals surface area contributed by atoms with Crippen LogP contribution in [0.25, 0.3) is 16.9 Å². The van der Waals surface area contributed by atoms with Crippen molar-refractivity contribution in [2.45, 2.75) is 63.8 Å². The molecule has 12 heteroatoms. The summed E-state index contributed by atoms with van der Waals surface area (Å²) in [5.74, 6) is -0.521. The van der Waals surface area contributed by atoms with Crippen LogP contribution in [-0.2, 0) is 4.79 Å². The summed E-state index contributed by atoms with van der Waals surface area (Å²) >= 11 is 0. The number of benzene rings is 2. The smallest absolute Gasteiger partial charge is 0.334 e. The molecule has 1 saturated carbocycles. The van der Waals surface area contributed by atoms with Crippen molar-refractivity contribution in [3.63, 3.8) is 0 Å². The highest BCUT2D eigenvalue weighted by molar-refractivity contribution is 5.99. The van der Waals surface area contributed by atoms with Crippen molar-refractivity contribution in [1.29, 1.82) is 0 Å². The van der Waals surface area contributed by atoms with Crippen LogP contribution in [0.5, 0.6) is 11.5 Å². The maximum Gasteiger partial charge on any atom is 0.334 e. The van der Waals surface area contributed by atoms with E-state index < -0.39 is 17.4 Å². The first-order valence-corrected chi connectivity index (χ1v) is 18.0.